The number of pyridine rings is 1. The number of hydrogen-bond donors (Lipinski definition) is 0. The normalized spacial score (nSPS) is 12.8. The number of halogens is 1. The molecule has 0 saturated heterocycles. The van der Waals surface area contributed by atoms with Crippen LogP contribution in [-0.2, 0) is 9.84 Å². The third-order valence-electron chi connectivity index (χ3n) is 1.58. The van der Waals surface area contributed by atoms with Crippen LogP contribution in [-0.4, -0.2) is 17.6 Å². The summed E-state index contributed by atoms with van der Waals surface area (Å²) in [4.78, 5) is 3.87. The van der Waals surface area contributed by atoms with Crippen molar-refractivity contribution in [1.82, 2.24) is 4.98 Å². The second-order valence-corrected chi connectivity index (χ2v) is 6.72. The zero-order chi connectivity index (χ0) is 10.1. The molecular formula is C8H10ClNO2S. The molecule has 0 radical (unpaired) electrons. The van der Waals surface area contributed by atoms with E-state index in [0.29, 0.717) is 0 Å². The lowest BCUT2D eigenvalue weighted by Gasteiger charge is -2.15. The molecule has 0 aromatic carbocycles. The van der Waals surface area contributed by atoms with Gasteiger partial charge in [-0.1, -0.05) is 0 Å². The molecule has 0 aliphatic rings. The Hall–Kier alpha value is -0.610. The fraction of sp³-hybridized carbons (Fsp3) is 0.375. The molecule has 0 spiro atoms. The number of hydrogen-bond acceptors (Lipinski definition) is 3. The van der Waals surface area contributed by atoms with E-state index in [-0.39, 0.29) is 4.90 Å². The summed E-state index contributed by atoms with van der Waals surface area (Å²) >= 11 is 5.74. The van der Waals surface area contributed by atoms with Gasteiger partial charge >= 0.3 is 0 Å². The minimum atomic E-state index is -3.47. The van der Waals surface area contributed by atoms with Crippen molar-refractivity contribution in [3.8, 4) is 0 Å². The van der Waals surface area contributed by atoms with Crippen molar-refractivity contribution in [3.05, 3.63) is 24.5 Å². The van der Waals surface area contributed by atoms with E-state index in [0.717, 1.165) is 0 Å². The molecule has 72 valence electrons. The van der Waals surface area contributed by atoms with E-state index in [2.05, 4.69) is 4.98 Å². The molecule has 0 unspecified atom stereocenters. The summed E-state index contributed by atoms with van der Waals surface area (Å²) < 4.78 is 22.1. The topological polar surface area (TPSA) is 47.0 Å². The van der Waals surface area contributed by atoms with Crippen LogP contribution in [0.4, 0.5) is 0 Å². The van der Waals surface area contributed by atoms with Gasteiger partial charge in [-0.25, -0.2) is 8.42 Å². The van der Waals surface area contributed by atoms with Crippen LogP contribution in [0.25, 0.3) is 0 Å². The minimum absolute atomic E-state index is 0.148. The molecule has 1 rings (SSSR count). The Bertz CT molecular complexity index is 380. The molecule has 1 heterocycles. The van der Waals surface area contributed by atoms with Gasteiger partial charge in [-0.15, -0.1) is 11.6 Å². The van der Waals surface area contributed by atoms with Gasteiger partial charge in [0.1, 0.15) is 4.21 Å². The Kier molecular flexibility index (Phi) is 2.63. The molecule has 0 aliphatic carbocycles. The van der Waals surface area contributed by atoms with E-state index in [1.807, 2.05) is 0 Å². The molecule has 0 N–H and O–H groups in total. The average molecular weight is 220 g/mol. The summed E-state index contributed by atoms with van der Waals surface area (Å²) in [6.45, 7) is 2.88. The summed E-state index contributed by atoms with van der Waals surface area (Å²) in [5.74, 6) is 0. The zero-order valence-corrected chi connectivity index (χ0v) is 8.93. The highest BCUT2D eigenvalue weighted by Crippen LogP contribution is 2.27. The summed E-state index contributed by atoms with van der Waals surface area (Å²) in [6.07, 6.45) is 2.81. The highest BCUT2D eigenvalue weighted by atomic mass is 35.5. The van der Waals surface area contributed by atoms with Gasteiger partial charge in [-0.05, 0) is 26.0 Å². The molecular weight excluding hydrogens is 210 g/mol. The Labute approximate surface area is 82.7 Å². The molecule has 0 amide bonds. The van der Waals surface area contributed by atoms with Gasteiger partial charge in [0.2, 0.25) is 0 Å². The third-order valence-corrected chi connectivity index (χ3v) is 4.33. The van der Waals surface area contributed by atoms with E-state index >= 15 is 0 Å². The molecule has 0 fully saturated rings. The van der Waals surface area contributed by atoms with Crippen LogP contribution in [0.5, 0.6) is 0 Å². The molecule has 0 atom stereocenters. The van der Waals surface area contributed by atoms with Crippen LogP contribution in [0.15, 0.2) is 29.4 Å². The zero-order valence-electron chi connectivity index (χ0n) is 7.36. The highest BCUT2D eigenvalue weighted by Gasteiger charge is 2.33. The maximum Gasteiger partial charge on any atom is 0.198 e. The smallest absolute Gasteiger partial charge is 0.198 e. The van der Waals surface area contributed by atoms with Crippen molar-refractivity contribution < 1.29 is 8.42 Å². The maximum absolute atomic E-state index is 11.7. The van der Waals surface area contributed by atoms with Crippen LogP contribution in [0, 0.1) is 0 Å². The van der Waals surface area contributed by atoms with E-state index < -0.39 is 14.0 Å². The molecule has 0 bridgehead atoms. The fourth-order valence-electron chi connectivity index (χ4n) is 0.786. The summed E-state index contributed by atoms with van der Waals surface area (Å²) in [5.41, 5.74) is 0. The number of sulfone groups is 1. The van der Waals surface area contributed by atoms with Gasteiger partial charge in [0, 0.05) is 12.4 Å². The SMILES string of the molecule is CC(C)(Cl)S(=O)(=O)c1cccnc1. The van der Waals surface area contributed by atoms with Gasteiger partial charge < -0.3 is 0 Å². The quantitative estimate of drug-likeness (QED) is 0.713. The third kappa shape index (κ3) is 2.00. The molecule has 3 nitrogen and oxygen atoms in total. The largest absolute Gasteiger partial charge is 0.263 e. The number of aromatic nitrogens is 1. The second-order valence-electron chi connectivity index (χ2n) is 3.06. The van der Waals surface area contributed by atoms with Crippen molar-refractivity contribution in [2.45, 2.75) is 22.9 Å². The van der Waals surface area contributed by atoms with Crippen LogP contribution >= 0.6 is 11.6 Å². The van der Waals surface area contributed by atoms with Crippen molar-refractivity contribution >= 4 is 21.4 Å². The molecule has 1 aromatic rings. The first-order chi connectivity index (χ1) is 5.86. The van der Waals surface area contributed by atoms with Crippen LogP contribution in [0.1, 0.15) is 13.8 Å². The van der Waals surface area contributed by atoms with Crippen LogP contribution in [0.2, 0.25) is 0 Å². The standard InChI is InChI=1S/C8H10ClNO2S/c1-8(2,9)13(11,12)7-4-3-5-10-6-7/h3-6H,1-2H3. The number of rotatable bonds is 2. The van der Waals surface area contributed by atoms with E-state index in [9.17, 15) is 8.42 Å². The lowest BCUT2D eigenvalue weighted by atomic mass is 10.5. The Morgan fingerprint density at radius 1 is 1.46 bits per heavy atom. The van der Waals surface area contributed by atoms with Crippen molar-refractivity contribution in [3.63, 3.8) is 0 Å². The van der Waals surface area contributed by atoms with Crippen molar-refractivity contribution in [2.75, 3.05) is 0 Å². The first kappa shape index (κ1) is 10.5. The van der Waals surface area contributed by atoms with Crippen LogP contribution < -0.4 is 0 Å². The summed E-state index contributed by atoms with van der Waals surface area (Å²) in [6, 6.07) is 3.04. The monoisotopic (exact) mass is 219 g/mol. The Balaban J connectivity index is 3.26. The van der Waals surface area contributed by atoms with Gasteiger partial charge in [0.25, 0.3) is 0 Å². The van der Waals surface area contributed by atoms with Gasteiger partial charge in [0.05, 0.1) is 4.90 Å². The number of alkyl halides is 1. The van der Waals surface area contributed by atoms with Crippen molar-refractivity contribution in [2.24, 2.45) is 0 Å². The molecule has 13 heavy (non-hydrogen) atoms. The minimum Gasteiger partial charge on any atom is -0.263 e. The summed E-state index contributed by atoms with van der Waals surface area (Å²) in [7, 11) is -3.47. The van der Waals surface area contributed by atoms with Gasteiger partial charge in [0.15, 0.2) is 9.84 Å². The van der Waals surface area contributed by atoms with Gasteiger partial charge in [-0.3, -0.25) is 4.98 Å². The first-order valence-corrected chi connectivity index (χ1v) is 5.55. The van der Waals surface area contributed by atoms with E-state index in [1.54, 1.807) is 6.07 Å². The predicted octanol–water partition coefficient (Wildman–Crippen LogP) is 1.83. The lowest BCUT2D eigenvalue weighted by molar-refractivity contribution is 0.580. The molecule has 0 aliphatic heterocycles. The van der Waals surface area contributed by atoms with Crippen LogP contribution in [0.3, 0.4) is 0 Å². The number of nitrogens with zero attached hydrogens (tertiary/aromatic N) is 1. The van der Waals surface area contributed by atoms with Crippen molar-refractivity contribution in [1.29, 1.82) is 0 Å². The Morgan fingerprint density at radius 2 is 2.08 bits per heavy atom. The fourth-order valence-corrected chi connectivity index (χ4v) is 2.07. The lowest BCUT2D eigenvalue weighted by Crippen LogP contribution is -2.25. The molecule has 0 saturated carbocycles. The maximum atomic E-state index is 11.7. The van der Waals surface area contributed by atoms with E-state index in [4.69, 9.17) is 11.6 Å². The molecule has 5 heteroatoms. The first-order valence-electron chi connectivity index (χ1n) is 3.69. The average Bonchev–Trinajstić information content (AvgIpc) is 2.04. The predicted molar refractivity (Wildman–Crippen MR) is 51.4 cm³/mol. The highest BCUT2D eigenvalue weighted by molar-refractivity contribution is 7.94. The second kappa shape index (κ2) is 3.27. The Morgan fingerprint density at radius 3 is 2.46 bits per heavy atom. The molecule has 1 aromatic heterocycles. The van der Waals surface area contributed by atoms with E-state index in [1.165, 1.54) is 32.3 Å². The summed E-state index contributed by atoms with van der Waals surface area (Å²) in [5, 5.41) is 0. The van der Waals surface area contributed by atoms with Gasteiger partial charge in [-0.2, -0.15) is 0 Å².